The molecule has 0 fully saturated rings. The maximum Gasteiger partial charge on any atom is 0.338 e. The Kier molecular flexibility index (Phi) is 6.48. The minimum absolute atomic E-state index is 0.215. The standard InChI is InChI=1S/C17H12F2N2O3S/c18-12-7-11(8-13(19)9-12)17(23)24-10-16(22)21-14-3-1-2-4-15(14)25-6-5-20/h1-4,7-9H,6,10H2,(H,21,22). The predicted octanol–water partition coefficient (Wildman–Crippen LogP) is 3.38. The van der Waals surface area contributed by atoms with Crippen molar-refractivity contribution in [2.75, 3.05) is 17.7 Å². The van der Waals surface area contributed by atoms with Crippen molar-refractivity contribution in [3.63, 3.8) is 0 Å². The summed E-state index contributed by atoms with van der Waals surface area (Å²) in [7, 11) is 0. The van der Waals surface area contributed by atoms with E-state index in [1.807, 2.05) is 6.07 Å². The first-order valence-corrected chi connectivity index (χ1v) is 8.00. The number of rotatable bonds is 6. The molecule has 2 aromatic carbocycles. The summed E-state index contributed by atoms with van der Waals surface area (Å²) in [6, 6.07) is 11.1. The fourth-order valence-electron chi connectivity index (χ4n) is 1.88. The van der Waals surface area contributed by atoms with E-state index in [9.17, 15) is 18.4 Å². The number of nitrogens with one attached hydrogen (secondary N) is 1. The van der Waals surface area contributed by atoms with Gasteiger partial charge in [0, 0.05) is 11.0 Å². The molecule has 0 aliphatic rings. The van der Waals surface area contributed by atoms with Gasteiger partial charge in [-0.15, -0.1) is 11.8 Å². The SMILES string of the molecule is N#CCSc1ccccc1NC(=O)COC(=O)c1cc(F)cc(F)c1. The van der Waals surface area contributed by atoms with Crippen LogP contribution in [0.1, 0.15) is 10.4 Å². The first-order valence-electron chi connectivity index (χ1n) is 7.01. The lowest BCUT2D eigenvalue weighted by Gasteiger charge is -2.10. The number of nitriles is 1. The number of ether oxygens (including phenoxy) is 1. The fraction of sp³-hybridized carbons (Fsp3) is 0.118. The van der Waals surface area contributed by atoms with Crippen LogP contribution in [-0.4, -0.2) is 24.2 Å². The molecule has 8 heteroatoms. The molecule has 0 saturated carbocycles. The summed E-state index contributed by atoms with van der Waals surface area (Å²) in [5.41, 5.74) is 0.149. The van der Waals surface area contributed by atoms with E-state index >= 15 is 0 Å². The zero-order chi connectivity index (χ0) is 18.2. The third kappa shape index (κ3) is 5.58. The molecule has 128 valence electrons. The van der Waals surface area contributed by atoms with Crippen molar-refractivity contribution in [2.45, 2.75) is 4.90 Å². The number of para-hydroxylation sites is 1. The van der Waals surface area contributed by atoms with E-state index in [0.29, 0.717) is 16.6 Å². The van der Waals surface area contributed by atoms with Crippen LogP contribution < -0.4 is 5.32 Å². The average molecular weight is 362 g/mol. The number of anilines is 1. The zero-order valence-electron chi connectivity index (χ0n) is 12.8. The van der Waals surface area contributed by atoms with Gasteiger partial charge in [-0.2, -0.15) is 5.26 Å². The van der Waals surface area contributed by atoms with E-state index in [1.165, 1.54) is 11.8 Å². The van der Waals surface area contributed by atoms with Crippen molar-refractivity contribution in [1.82, 2.24) is 0 Å². The van der Waals surface area contributed by atoms with Crippen LogP contribution in [0, 0.1) is 23.0 Å². The summed E-state index contributed by atoms with van der Waals surface area (Å²) < 4.78 is 30.9. The predicted molar refractivity (Wildman–Crippen MR) is 88.0 cm³/mol. The van der Waals surface area contributed by atoms with Crippen molar-refractivity contribution < 1.29 is 23.1 Å². The number of carbonyl (C=O) groups excluding carboxylic acids is 2. The molecule has 0 aliphatic heterocycles. The van der Waals surface area contributed by atoms with Crippen LogP contribution in [0.3, 0.4) is 0 Å². The third-order valence-electron chi connectivity index (χ3n) is 2.89. The van der Waals surface area contributed by atoms with Crippen molar-refractivity contribution in [3.05, 3.63) is 59.7 Å². The van der Waals surface area contributed by atoms with Gasteiger partial charge in [0.25, 0.3) is 5.91 Å². The first-order chi connectivity index (χ1) is 12.0. The van der Waals surface area contributed by atoms with Gasteiger partial charge in [0.2, 0.25) is 0 Å². The normalized spacial score (nSPS) is 9.96. The third-order valence-corrected chi connectivity index (χ3v) is 3.83. The summed E-state index contributed by atoms with van der Waals surface area (Å²) in [6.07, 6.45) is 0. The van der Waals surface area contributed by atoms with Gasteiger partial charge in [-0.25, -0.2) is 13.6 Å². The average Bonchev–Trinajstić information content (AvgIpc) is 2.58. The highest BCUT2D eigenvalue weighted by atomic mass is 32.2. The largest absolute Gasteiger partial charge is 0.452 e. The molecule has 0 aliphatic carbocycles. The van der Waals surface area contributed by atoms with Crippen LogP contribution in [0.15, 0.2) is 47.4 Å². The number of thioether (sulfide) groups is 1. The lowest BCUT2D eigenvalue weighted by molar-refractivity contribution is -0.119. The Morgan fingerprint density at radius 1 is 1.16 bits per heavy atom. The van der Waals surface area contributed by atoms with Crippen molar-refractivity contribution >= 4 is 29.3 Å². The molecule has 2 rings (SSSR count). The molecule has 0 radical (unpaired) electrons. The topological polar surface area (TPSA) is 79.2 Å². The van der Waals surface area contributed by atoms with Crippen LogP contribution in [0.4, 0.5) is 14.5 Å². The molecule has 5 nitrogen and oxygen atoms in total. The van der Waals surface area contributed by atoms with E-state index < -0.39 is 30.1 Å². The van der Waals surface area contributed by atoms with Gasteiger partial charge in [-0.3, -0.25) is 4.79 Å². The van der Waals surface area contributed by atoms with Gasteiger partial charge in [-0.05, 0) is 24.3 Å². The number of nitrogens with zero attached hydrogens (tertiary/aromatic N) is 1. The molecule has 0 unspecified atom stereocenters. The second-order valence-corrected chi connectivity index (χ2v) is 5.74. The van der Waals surface area contributed by atoms with Gasteiger partial charge < -0.3 is 10.1 Å². The molecule has 0 bridgehead atoms. The van der Waals surface area contributed by atoms with Crippen LogP contribution in [-0.2, 0) is 9.53 Å². The molecule has 2 aromatic rings. The van der Waals surface area contributed by atoms with Gasteiger partial charge in [0.1, 0.15) is 11.6 Å². The van der Waals surface area contributed by atoms with Gasteiger partial charge in [0.15, 0.2) is 6.61 Å². The Morgan fingerprint density at radius 2 is 1.84 bits per heavy atom. The molecule has 0 aromatic heterocycles. The summed E-state index contributed by atoms with van der Waals surface area (Å²) in [5.74, 6) is -3.25. The molecule has 0 spiro atoms. The minimum atomic E-state index is -1.01. The second-order valence-electron chi connectivity index (χ2n) is 4.73. The van der Waals surface area contributed by atoms with E-state index in [2.05, 4.69) is 5.32 Å². The molecule has 1 N–H and O–H groups in total. The lowest BCUT2D eigenvalue weighted by atomic mass is 10.2. The quantitative estimate of drug-likeness (QED) is 0.630. The first kappa shape index (κ1) is 18.4. The minimum Gasteiger partial charge on any atom is -0.452 e. The maximum absolute atomic E-state index is 13.1. The Morgan fingerprint density at radius 3 is 2.52 bits per heavy atom. The molecule has 25 heavy (non-hydrogen) atoms. The lowest BCUT2D eigenvalue weighted by Crippen LogP contribution is -2.21. The molecule has 0 heterocycles. The summed E-state index contributed by atoms with van der Waals surface area (Å²) in [6.45, 7) is -0.617. The van der Waals surface area contributed by atoms with Crippen molar-refractivity contribution in [2.24, 2.45) is 0 Å². The Bertz CT molecular complexity index is 817. The Hall–Kier alpha value is -2.92. The summed E-state index contributed by atoms with van der Waals surface area (Å²) in [4.78, 5) is 24.3. The monoisotopic (exact) mass is 362 g/mol. The second kappa shape index (κ2) is 8.80. The summed E-state index contributed by atoms with van der Waals surface area (Å²) >= 11 is 1.25. The van der Waals surface area contributed by atoms with E-state index in [0.717, 1.165) is 12.1 Å². The highest BCUT2D eigenvalue weighted by molar-refractivity contribution is 7.99. The number of halogens is 2. The van der Waals surface area contributed by atoms with E-state index in [1.54, 1.807) is 24.3 Å². The smallest absolute Gasteiger partial charge is 0.338 e. The molecule has 0 saturated heterocycles. The van der Waals surface area contributed by atoms with Crippen molar-refractivity contribution in [1.29, 1.82) is 5.26 Å². The maximum atomic E-state index is 13.1. The number of hydrogen-bond donors (Lipinski definition) is 1. The van der Waals surface area contributed by atoms with E-state index in [-0.39, 0.29) is 11.3 Å². The van der Waals surface area contributed by atoms with E-state index in [4.69, 9.17) is 10.00 Å². The molecular weight excluding hydrogens is 350 g/mol. The summed E-state index contributed by atoms with van der Waals surface area (Å²) in [5, 5.41) is 11.2. The zero-order valence-corrected chi connectivity index (χ0v) is 13.6. The van der Waals surface area contributed by atoms with Crippen LogP contribution in [0.25, 0.3) is 0 Å². The number of hydrogen-bond acceptors (Lipinski definition) is 5. The number of amides is 1. The van der Waals surface area contributed by atoms with Crippen LogP contribution >= 0.6 is 11.8 Å². The highest BCUT2D eigenvalue weighted by Gasteiger charge is 2.13. The van der Waals surface area contributed by atoms with Gasteiger partial charge in [-0.1, -0.05) is 12.1 Å². The molecular formula is C17H12F2N2O3S. The Balaban J connectivity index is 1.95. The number of carbonyl (C=O) groups is 2. The van der Waals surface area contributed by atoms with Gasteiger partial charge in [0.05, 0.1) is 23.1 Å². The van der Waals surface area contributed by atoms with Crippen LogP contribution in [0.2, 0.25) is 0 Å². The number of benzene rings is 2. The Labute approximate surface area is 146 Å². The molecule has 0 atom stereocenters. The fourth-order valence-corrected chi connectivity index (χ4v) is 2.55. The molecule has 1 amide bonds. The number of esters is 1. The van der Waals surface area contributed by atoms with Crippen LogP contribution in [0.5, 0.6) is 0 Å². The van der Waals surface area contributed by atoms with Crippen molar-refractivity contribution in [3.8, 4) is 6.07 Å². The highest BCUT2D eigenvalue weighted by Crippen LogP contribution is 2.26. The van der Waals surface area contributed by atoms with Gasteiger partial charge >= 0.3 is 5.97 Å².